The van der Waals surface area contributed by atoms with Crippen molar-refractivity contribution in [3.63, 3.8) is 0 Å². The summed E-state index contributed by atoms with van der Waals surface area (Å²) < 4.78 is 0. The zero-order valence-corrected chi connectivity index (χ0v) is 9.56. The fourth-order valence-electron chi connectivity index (χ4n) is 1.33. The minimum atomic E-state index is -1.28. The van der Waals surface area contributed by atoms with Crippen molar-refractivity contribution in [1.82, 2.24) is 0 Å². The number of aryl methyl sites for hydroxylation is 1. The third kappa shape index (κ3) is 2.92. The van der Waals surface area contributed by atoms with Crippen molar-refractivity contribution in [3.05, 3.63) is 35.9 Å². The lowest BCUT2D eigenvalue weighted by atomic mass is 9.85. The van der Waals surface area contributed by atoms with Crippen molar-refractivity contribution < 1.29 is 14.7 Å². The van der Waals surface area contributed by atoms with Gasteiger partial charge < -0.3 is 5.11 Å². The third-order valence-corrected chi connectivity index (χ3v) is 2.72. The summed E-state index contributed by atoms with van der Waals surface area (Å²) in [4.78, 5) is 22.6. The Kier molecular flexibility index (Phi) is 3.82. The summed E-state index contributed by atoms with van der Waals surface area (Å²) >= 11 is 0. The molecular formula is C13H16O3. The van der Waals surface area contributed by atoms with Crippen LogP contribution in [0.1, 0.15) is 25.8 Å². The number of carboxylic acid groups (broad SMARTS) is 1. The number of carbonyl (C=O) groups excluding carboxylic acids is 1. The number of Topliss-reactive ketones (excluding diaryl/α,β-unsaturated/α-hetero) is 1. The van der Waals surface area contributed by atoms with Crippen LogP contribution in [0.15, 0.2) is 30.3 Å². The van der Waals surface area contributed by atoms with Crippen molar-refractivity contribution >= 4 is 11.8 Å². The van der Waals surface area contributed by atoms with E-state index in [1.54, 1.807) is 0 Å². The Bertz CT molecular complexity index is 379. The molecule has 1 rings (SSSR count). The van der Waals surface area contributed by atoms with Gasteiger partial charge in [-0.25, -0.2) is 0 Å². The van der Waals surface area contributed by atoms with Gasteiger partial charge in [-0.3, -0.25) is 9.59 Å². The van der Waals surface area contributed by atoms with Gasteiger partial charge >= 0.3 is 5.97 Å². The van der Waals surface area contributed by atoms with Crippen LogP contribution in [-0.4, -0.2) is 16.9 Å². The molecule has 1 aromatic carbocycles. The Morgan fingerprint density at radius 3 is 2.25 bits per heavy atom. The number of hydrogen-bond donors (Lipinski definition) is 1. The van der Waals surface area contributed by atoms with E-state index in [9.17, 15) is 9.59 Å². The monoisotopic (exact) mass is 220 g/mol. The van der Waals surface area contributed by atoms with Crippen LogP contribution in [-0.2, 0) is 16.0 Å². The van der Waals surface area contributed by atoms with Crippen molar-refractivity contribution in [2.24, 2.45) is 5.41 Å². The predicted molar refractivity (Wildman–Crippen MR) is 61.2 cm³/mol. The second-order valence-corrected chi connectivity index (χ2v) is 4.34. The van der Waals surface area contributed by atoms with Crippen molar-refractivity contribution in [2.45, 2.75) is 26.7 Å². The van der Waals surface area contributed by atoms with Gasteiger partial charge in [-0.15, -0.1) is 0 Å². The van der Waals surface area contributed by atoms with Gasteiger partial charge in [-0.05, 0) is 25.8 Å². The van der Waals surface area contributed by atoms with Gasteiger partial charge in [-0.1, -0.05) is 30.3 Å². The van der Waals surface area contributed by atoms with Gasteiger partial charge in [0.2, 0.25) is 0 Å². The molecule has 0 heterocycles. The van der Waals surface area contributed by atoms with Crippen LogP contribution in [0, 0.1) is 5.41 Å². The van der Waals surface area contributed by atoms with Gasteiger partial charge in [0, 0.05) is 6.42 Å². The molecule has 0 unspecified atom stereocenters. The first-order valence-corrected chi connectivity index (χ1v) is 5.25. The Balaban J connectivity index is 2.57. The maximum absolute atomic E-state index is 11.7. The van der Waals surface area contributed by atoms with Crippen LogP contribution >= 0.6 is 0 Å². The van der Waals surface area contributed by atoms with Gasteiger partial charge in [0.25, 0.3) is 0 Å². The standard InChI is InChI=1S/C13H16O3/c1-13(2,12(15)16)11(14)9-8-10-6-4-3-5-7-10/h3-7H,8-9H2,1-2H3,(H,15,16). The molecule has 0 saturated heterocycles. The highest BCUT2D eigenvalue weighted by atomic mass is 16.4. The molecule has 0 fully saturated rings. The fourth-order valence-corrected chi connectivity index (χ4v) is 1.33. The highest BCUT2D eigenvalue weighted by Gasteiger charge is 2.34. The molecule has 3 heteroatoms. The minimum absolute atomic E-state index is 0.233. The molecule has 0 aliphatic carbocycles. The highest BCUT2D eigenvalue weighted by molar-refractivity contribution is 6.02. The smallest absolute Gasteiger partial charge is 0.316 e. The van der Waals surface area contributed by atoms with Gasteiger partial charge in [0.15, 0.2) is 0 Å². The fraction of sp³-hybridized carbons (Fsp3) is 0.385. The molecule has 86 valence electrons. The minimum Gasteiger partial charge on any atom is -0.481 e. The number of rotatable bonds is 5. The molecule has 0 aliphatic rings. The number of aliphatic carboxylic acids is 1. The Morgan fingerprint density at radius 2 is 1.75 bits per heavy atom. The number of ketones is 1. The summed E-state index contributed by atoms with van der Waals surface area (Å²) in [6.07, 6.45) is 0.861. The molecule has 0 spiro atoms. The van der Waals surface area contributed by atoms with Gasteiger partial charge in [-0.2, -0.15) is 0 Å². The molecule has 0 saturated carbocycles. The molecule has 0 aromatic heterocycles. The lowest BCUT2D eigenvalue weighted by Gasteiger charge is -2.17. The molecule has 16 heavy (non-hydrogen) atoms. The first-order valence-electron chi connectivity index (χ1n) is 5.25. The maximum atomic E-state index is 11.7. The molecule has 0 amide bonds. The van der Waals surface area contributed by atoms with E-state index in [1.807, 2.05) is 30.3 Å². The van der Waals surface area contributed by atoms with E-state index in [0.29, 0.717) is 6.42 Å². The number of benzene rings is 1. The lowest BCUT2D eigenvalue weighted by Crippen LogP contribution is -2.33. The van der Waals surface area contributed by atoms with Crippen LogP contribution in [0.3, 0.4) is 0 Å². The van der Waals surface area contributed by atoms with Crippen LogP contribution in [0.4, 0.5) is 0 Å². The largest absolute Gasteiger partial charge is 0.481 e. The van der Waals surface area contributed by atoms with E-state index in [2.05, 4.69) is 0 Å². The summed E-state index contributed by atoms with van der Waals surface area (Å²) in [5.74, 6) is -1.30. The number of hydrogen-bond acceptors (Lipinski definition) is 2. The average Bonchev–Trinajstić information content (AvgIpc) is 2.27. The number of carbonyl (C=O) groups is 2. The predicted octanol–water partition coefficient (Wildman–Crippen LogP) is 2.30. The van der Waals surface area contributed by atoms with Crippen molar-refractivity contribution in [1.29, 1.82) is 0 Å². The summed E-state index contributed by atoms with van der Waals surface area (Å²) in [5.41, 5.74) is -0.230. The zero-order chi connectivity index (χ0) is 12.2. The van der Waals surface area contributed by atoms with E-state index in [4.69, 9.17) is 5.11 Å². The van der Waals surface area contributed by atoms with Crippen molar-refractivity contribution in [2.75, 3.05) is 0 Å². The van der Waals surface area contributed by atoms with E-state index in [1.165, 1.54) is 13.8 Å². The molecule has 0 bridgehead atoms. The first kappa shape index (κ1) is 12.4. The second-order valence-electron chi connectivity index (χ2n) is 4.34. The normalized spacial score (nSPS) is 11.1. The van der Waals surface area contributed by atoms with E-state index >= 15 is 0 Å². The third-order valence-electron chi connectivity index (χ3n) is 2.72. The topological polar surface area (TPSA) is 54.4 Å². The van der Waals surface area contributed by atoms with Crippen LogP contribution in [0.2, 0.25) is 0 Å². The number of carboxylic acids is 1. The Hall–Kier alpha value is -1.64. The molecule has 0 radical (unpaired) electrons. The molecule has 3 nitrogen and oxygen atoms in total. The van der Waals surface area contributed by atoms with E-state index in [-0.39, 0.29) is 12.2 Å². The van der Waals surface area contributed by atoms with Crippen LogP contribution < -0.4 is 0 Å². The molecule has 1 N–H and O–H groups in total. The van der Waals surface area contributed by atoms with Crippen molar-refractivity contribution in [3.8, 4) is 0 Å². The lowest BCUT2D eigenvalue weighted by molar-refractivity contribution is -0.152. The SMILES string of the molecule is CC(C)(C(=O)O)C(=O)CCc1ccccc1. The molecule has 0 aliphatic heterocycles. The summed E-state index contributed by atoms with van der Waals surface area (Å²) in [6, 6.07) is 9.58. The van der Waals surface area contributed by atoms with Gasteiger partial charge in [0.05, 0.1) is 0 Å². The second kappa shape index (κ2) is 4.92. The quantitative estimate of drug-likeness (QED) is 0.774. The Labute approximate surface area is 95.1 Å². The average molecular weight is 220 g/mol. The van der Waals surface area contributed by atoms with Crippen LogP contribution in [0.5, 0.6) is 0 Å². The maximum Gasteiger partial charge on any atom is 0.316 e. The molecule has 0 atom stereocenters. The van der Waals surface area contributed by atoms with Crippen LogP contribution in [0.25, 0.3) is 0 Å². The first-order chi connectivity index (χ1) is 7.44. The molecule has 1 aromatic rings. The Morgan fingerprint density at radius 1 is 1.19 bits per heavy atom. The summed E-state index contributed by atoms with van der Waals surface area (Å²) in [5, 5.41) is 8.89. The molecular weight excluding hydrogens is 204 g/mol. The van der Waals surface area contributed by atoms with E-state index in [0.717, 1.165) is 5.56 Å². The summed E-state index contributed by atoms with van der Waals surface area (Å²) in [7, 11) is 0. The highest BCUT2D eigenvalue weighted by Crippen LogP contribution is 2.19. The zero-order valence-electron chi connectivity index (χ0n) is 9.56. The summed E-state index contributed by atoms with van der Waals surface area (Å²) in [6.45, 7) is 2.89. The van der Waals surface area contributed by atoms with E-state index < -0.39 is 11.4 Å². The van der Waals surface area contributed by atoms with Gasteiger partial charge in [0.1, 0.15) is 11.2 Å².